The van der Waals surface area contributed by atoms with Crippen LogP contribution in [0.3, 0.4) is 0 Å². The molecule has 25 heavy (non-hydrogen) atoms. The standard InChI is InChI=1S/C20H21NO4/c1-19(16-11-7-4-8-12-16)20(2,18(23)24)25-14-17(22)21(19)13-15-9-5-3-6-10-15/h3-12H,13-14H2,1-2H3,(H,23,24)/t19-,20-/m1/s1. The van der Waals surface area contributed by atoms with Gasteiger partial charge in [0.25, 0.3) is 0 Å². The van der Waals surface area contributed by atoms with E-state index in [1.165, 1.54) is 6.92 Å². The fourth-order valence-corrected chi connectivity index (χ4v) is 3.41. The van der Waals surface area contributed by atoms with Crippen molar-refractivity contribution in [1.82, 2.24) is 4.90 Å². The predicted molar refractivity (Wildman–Crippen MR) is 92.8 cm³/mol. The quantitative estimate of drug-likeness (QED) is 0.930. The van der Waals surface area contributed by atoms with E-state index < -0.39 is 17.1 Å². The summed E-state index contributed by atoms with van der Waals surface area (Å²) < 4.78 is 5.59. The number of carboxylic acid groups (broad SMARTS) is 1. The highest BCUT2D eigenvalue weighted by molar-refractivity contribution is 5.86. The molecule has 1 fully saturated rings. The summed E-state index contributed by atoms with van der Waals surface area (Å²) in [5, 5.41) is 9.90. The summed E-state index contributed by atoms with van der Waals surface area (Å²) in [4.78, 5) is 26.4. The first-order valence-corrected chi connectivity index (χ1v) is 8.17. The van der Waals surface area contributed by atoms with Crippen LogP contribution in [0.4, 0.5) is 0 Å². The van der Waals surface area contributed by atoms with Crippen LogP contribution in [0.2, 0.25) is 0 Å². The topological polar surface area (TPSA) is 66.8 Å². The number of benzene rings is 2. The predicted octanol–water partition coefficient (Wildman–Crippen LogP) is 2.80. The van der Waals surface area contributed by atoms with Crippen molar-refractivity contribution in [3.63, 3.8) is 0 Å². The van der Waals surface area contributed by atoms with Gasteiger partial charge in [0.1, 0.15) is 12.1 Å². The first kappa shape index (κ1) is 17.2. The molecule has 0 radical (unpaired) electrons. The minimum absolute atomic E-state index is 0.228. The molecule has 0 aliphatic carbocycles. The second-order valence-corrected chi connectivity index (χ2v) is 6.53. The molecule has 0 bridgehead atoms. The van der Waals surface area contributed by atoms with Crippen LogP contribution in [0.1, 0.15) is 25.0 Å². The van der Waals surface area contributed by atoms with Crippen LogP contribution in [0, 0.1) is 0 Å². The Morgan fingerprint density at radius 2 is 1.64 bits per heavy atom. The zero-order valence-electron chi connectivity index (χ0n) is 14.3. The molecule has 2 aromatic carbocycles. The van der Waals surface area contributed by atoms with E-state index in [2.05, 4.69) is 0 Å². The molecule has 5 nitrogen and oxygen atoms in total. The largest absolute Gasteiger partial charge is 0.479 e. The van der Waals surface area contributed by atoms with Crippen LogP contribution in [-0.4, -0.2) is 34.1 Å². The number of nitrogens with zero attached hydrogens (tertiary/aromatic N) is 1. The Morgan fingerprint density at radius 3 is 2.20 bits per heavy atom. The Hall–Kier alpha value is -2.66. The highest BCUT2D eigenvalue weighted by Gasteiger charge is 2.60. The molecule has 1 N–H and O–H groups in total. The molecule has 3 rings (SSSR count). The molecule has 2 aromatic rings. The van der Waals surface area contributed by atoms with E-state index in [1.54, 1.807) is 11.8 Å². The van der Waals surface area contributed by atoms with Crippen molar-refractivity contribution in [1.29, 1.82) is 0 Å². The Labute approximate surface area is 146 Å². The summed E-state index contributed by atoms with van der Waals surface area (Å²) in [6, 6.07) is 18.7. The molecule has 0 saturated carbocycles. The minimum Gasteiger partial charge on any atom is -0.479 e. The monoisotopic (exact) mass is 339 g/mol. The smallest absolute Gasteiger partial charge is 0.338 e. The normalized spacial score (nSPS) is 26.5. The van der Waals surface area contributed by atoms with Crippen molar-refractivity contribution in [3.05, 3.63) is 71.8 Å². The second kappa shape index (κ2) is 6.33. The van der Waals surface area contributed by atoms with E-state index >= 15 is 0 Å². The SMILES string of the molecule is C[C@]1(c2ccccc2)N(Cc2ccccc2)C(=O)CO[C@]1(C)C(=O)O. The van der Waals surface area contributed by atoms with Gasteiger partial charge >= 0.3 is 5.97 Å². The van der Waals surface area contributed by atoms with Crippen molar-refractivity contribution in [2.75, 3.05) is 6.61 Å². The van der Waals surface area contributed by atoms with E-state index in [0.29, 0.717) is 6.54 Å². The van der Waals surface area contributed by atoms with Gasteiger partial charge in [-0.05, 0) is 25.0 Å². The number of aliphatic carboxylic acids is 1. The number of hydrogen-bond acceptors (Lipinski definition) is 3. The molecule has 0 spiro atoms. The van der Waals surface area contributed by atoms with Crippen molar-refractivity contribution in [2.45, 2.75) is 31.5 Å². The van der Waals surface area contributed by atoms with Crippen LogP contribution in [0.25, 0.3) is 0 Å². The van der Waals surface area contributed by atoms with Crippen LogP contribution < -0.4 is 0 Å². The fourth-order valence-electron chi connectivity index (χ4n) is 3.41. The first-order chi connectivity index (χ1) is 11.9. The molecule has 0 aromatic heterocycles. The van der Waals surface area contributed by atoms with Crippen molar-refractivity contribution in [3.8, 4) is 0 Å². The summed E-state index contributed by atoms with van der Waals surface area (Å²) in [6.45, 7) is 3.36. The molecule has 1 aliphatic heterocycles. The third-order valence-electron chi connectivity index (χ3n) is 5.18. The van der Waals surface area contributed by atoms with Crippen LogP contribution >= 0.6 is 0 Å². The molecule has 1 amide bonds. The maximum absolute atomic E-state index is 12.7. The summed E-state index contributed by atoms with van der Waals surface area (Å²) in [6.07, 6.45) is 0. The number of hydrogen-bond donors (Lipinski definition) is 1. The number of amides is 1. The van der Waals surface area contributed by atoms with E-state index in [0.717, 1.165) is 11.1 Å². The summed E-state index contributed by atoms with van der Waals surface area (Å²) in [5.74, 6) is -1.32. The summed E-state index contributed by atoms with van der Waals surface area (Å²) >= 11 is 0. The Kier molecular flexibility index (Phi) is 4.35. The van der Waals surface area contributed by atoms with E-state index in [-0.39, 0.29) is 12.5 Å². The Morgan fingerprint density at radius 1 is 1.08 bits per heavy atom. The second-order valence-electron chi connectivity index (χ2n) is 6.53. The van der Waals surface area contributed by atoms with Crippen molar-refractivity contribution >= 4 is 11.9 Å². The van der Waals surface area contributed by atoms with Gasteiger partial charge in [-0.1, -0.05) is 60.7 Å². The van der Waals surface area contributed by atoms with Crippen LogP contribution in [0.15, 0.2) is 60.7 Å². The van der Waals surface area contributed by atoms with Gasteiger partial charge in [0, 0.05) is 6.54 Å². The van der Waals surface area contributed by atoms with Gasteiger partial charge in [-0.15, -0.1) is 0 Å². The number of carbonyl (C=O) groups excluding carboxylic acids is 1. The van der Waals surface area contributed by atoms with Crippen LogP contribution in [0.5, 0.6) is 0 Å². The Balaban J connectivity index is 2.15. The third kappa shape index (κ3) is 2.70. The minimum atomic E-state index is -1.56. The lowest BCUT2D eigenvalue weighted by Crippen LogP contribution is -2.69. The maximum atomic E-state index is 12.7. The van der Waals surface area contributed by atoms with Gasteiger partial charge in [-0.3, -0.25) is 4.79 Å². The zero-order chi connectivity index (χ0) is 18.1. The number of rotatable bonds is 4. The number of ether oxygens (including phenoxy) is 1. The lowest BCUT2D eigenvalue weighted by Gasteiger charge is -2.53. The summed E-state index contributed by atoms with van der Waals surface area (Å²) in [5.41, 5.74) is -1.04. The van der Waals surface area contributed by atoms with Gasteiger partial charge in [0.05, 0.1) is 0 Å². The lowest BCUT2D eigenvalue weighted by molar-refractivity contribution is -0.214. The average Bonchev–Trinajstić information content (AvgIpc) is 2.63. The van der Waals surface area contributed by atoms with Crippen molar-refractivity contribution < 1.29 is 19.4 Å². The molecule has 0 unspecified atom stereocenters. The van der Waals surface area contributed by atoms with Crippen molar-refractivity contribution in [2.24, 2.45) is 0 Å². The molecule has 5 heteroatoms. The molecule has 1 aliphatic rings. The van der Waals surface area contributed by atoms with Gasteiger partial charge in [-0.2, -0.15) is 0 Å². The molecule has 1 saturated heterocycles. The van der Waals surface area contributed by atoms with Gasteiger partial charge in [0.2, 0.25) is 5.91 Å². The zero-order valence-corrected chi connectivity index (χ0v) is 14.3. The van der Waals surface area contributed by atoms with Gasteiger partial charge < -0.3 is 14.7 Å². The summed E-state index contributed by atoms with van der Waals surface area (Å²) in [7, 11) is 0. The van der Waals surface area contributed by atoms with E-state index in [1.807, 2.05) is 60.7 Å². The Bertz CT molecular complexity index is 777. The molecule has 130 valence electrons. The molecular weight excluding hydrogens is 318 g/mol. The fraction of sp³-hybridized carbons (Fsp3) is 0.300. The molecule has 2 atom stereocenters. The number of carboxylic acids is 1. The molecule has 1 heterocycles. The van der Waals surface area contributed by atoms with Crippen LogP contribution in [-0.2, 0) is 26.4 Å². The lowest BCUT2D eigenvalue weighted by atomic mass is 9.73. The van der Waals surface area contributed by atoms with Gasteiger partial charge in [0.15, 0.2) is 5.60 Å². The maximum Gasteiger partial charge on any atom is 0.338 e. The van der Waals surface area contributed by atoms with Gasteiger partial charge in [-0.25, -0.2) is 4.79 Å². The number of morpholine rings is 1. The highest BCUT2D eigenvalue weighted by Crippen LogP contribution is 2.44. The number of carbonyl (C=O) groups is 2. The van der Waals surface area contributed by atoms with E-state index in [9.17, 15) is 14.7 Å². The highest BCUT2D eigenvalue weighted by atomic mass is 16.5. The van der Waals surface area contributed by atoms with E-state index in [4.69, 9.17) is 4.74 Å². The average molecular weight is 339 g/mol. The first-order valence-electron chi connectivity index (χ1n) is 8.17. The third-order valence-corrected chi connectivity index (χ3v) is 5.18. The molecular formula is C20H21NO4.